The van der Waals surface area contributed by atoms with E-state index in [9.17, 15) is 4.79 Å². The van der Waals surface area contributed by atoms with Gasteiger partial charge in [-0.1, -0.05) is 17.7 Å². The summed E-state index contributed by atoms with van der Waals surface area (Å²) in [5, 5.41) is 1.56. The summed E-state index contributed by atoms with van der Waals surface area (Å²) in [6, 6.07) is 16.5. The van der Waals surface area contributed by atoms with Gasteiger partial charge in [-0.15, -0.1) is 0 Å². The summed E-state index contributed by atoms with van der Waals surface area (Å²) in [6.07, 6.45) is 3.27. The molecule has 0 spiro atoms. The molecule has 4 aromatic rings. The highest BCUT2D eigenvalue weighted by Crippen LogP contribution is 2.18. The highest BCUT2D eigenvalue weighted by atomic mass is 35.5. The highest BCUT2D eigenvalue weighted by molar-refractivity contribution is 6.30. The fraction of sp³-hybridized carbons (Fsp3) is 0.0952. The number of ether oxygens (including phenoxy) is 1. The predicted octanol–water partition coefficient (Wildman–Crippen LogP) is 4.32. The summed E-state index contributed by atoms with van der Waals surface area (Å²) in [5.41, 5.74) is 3.22. The van der Waals surface area contributed by atoms with Crippen LogP contribution in [0.2, 0.25) is 5.02 Å². The van der Waals surface area contributed by atoms with Crippen LogP contribution in [-0.2, 0) is 6.61 Å². The third-order valence-electron chi connectivity index (χ3n) is 4.16. The van der Waals surface area contributed by atoms with Gasteiger partial charge in [0.2, 0.25) is 0 Å². The number of halogens is 1. The van der Waals surface area contributed by atoms with Gasteiger partial charge in [-0.3, -0.25) is 19.3 Å². The molecule has 0 radical (unpaired) electrons. The largest absolute Gasteiger partial charge is 0.487 e. The van der Waals surface area contributed by atoms with Crippen LogP contribution >= 0.6 is 11.6 Å². The van der Waals surface area contributed by atoms with E-state index in [0.29, 0.717) is 10.8 Å². The summed E-state index contributed by atoms with van der Waals surface area (Å²) >= 11 is 5.82. The molecule has 0 unspecified atom stereocenters. The van der Waals surface area contributed by atoms with E-state index in [1.54, 1.807) is 35.2 Å². The summed E-state index contributed by atoms with van der Waals surface area (Å²) in [6.45, 7) is 2.22. The first-order chi connectivity index (χ1) is 13.1. The molecule has 0 N–H and O–H groups in total. The molecule has 3 heterocycles. The van der Waals surface area contributed by atoms with Crippen molar-refractivity contribution in [2.75, 3.05) is 0 Å². The van der Waals surface area contributed by atoms with Gasteiger partial charge in [-0.2, -0.15) is 0 Å². The van der Waals surface area contributed by atoms with Crippen LogP contribution in [0.25, 0.3) is 16.6 Å². The number of nitrogens with zero attached hydrogens (tertiary/aromatic N) is 3. The van der Waals surface area contributed by atoms with Crippen LogP contribution in [0.5, 0.6) is 5.75 Å². The van der Waals surface area contributed by atoms with Crippen LogP contribution in [-0.4, -0.2) is 14.5 Å². The van der Waals surface area contributed by atoms with Gasteiger partial charge in [0.15, 0.2) is 0 Å². The molecule has 0 saturated carbocycles. The van der Waals surface area contributed by atoms with E-state index in [2.05, 4.69) is 9.97 Å². The zero-order chi connectivity index (χ0) is 18.8. The average Bonchev–Trinajstić information content (AvgIpc) is 2.67. The molecule has 0 aliphatic rings. The Balaban J connectivity index is 1.57. The second kappa shape index (κ2) is 7.21. The second-order valence-corrected chi connectivity index (χ2v) is 6.59. The van der Waals surface area contributed by atoms with Crippen LogP contribution in [0.4, 0.5) is 0 Å². The van der Waals surface area contributed by atoms with Gasteiger partial charge in [0.05, 0.1) is 16.2 Å². The van der Waals surface area contributed by atoms with Crippen molar-refractivity contribution in [3.05, 3.63) is 93.8 Å². The van der Waals surface area contributed by atoms with Gasteiger partial charge in [-0.25, -0.2) is 0 Å². The Labute approximate surface area is 160 Å². The Bertz CT molecular complexity index is 1170. The number of aryl methyl sites for hydroxylation is 1. The highest BCUT2D eigenvalue weighted by Gasteiger charge is 2.05. The minimum absolute atomic E-state index is 0.170. The molecular weight excluding hydrogens is 362 g/mol. The number of rotatable bonds is 4. The molecule has 0 amide bonds. The monoisotopic (exact) mass is 377 g/mol. The van der Waals surface area contributed by atoms with E-state index in [-0.39, 0.29) is 12.2 Å². The lowest BCUT2D eigenvalue weighted by Gasteiger charge is -2.10. The summed E-state index contributed by atoms with van der Waals surface area (Å²) < 4.78 is 7.23. The smallest absolute Gasteiger partial charge is 0.258 e. The molecule has 27 heavy (non-hydrogen) atoms. The zero-order valence-corrected chi connectivity index (χ0v) is 15.3. The molecule has 5 nitrogen and oxygen atoms in total. The normalized spacial score (nSPS) is 10.9. The molecule has 0 saturated heterocycles. The van der Waals surface area contributed by atoms with Crippen molar-refractivity contribution in [2.45, 2.75) is 13.5 Å². The third-order valence-corrected chi connectivity index (χ3v) is 4.38. The van der Waals surface area contributed by atoms with Gasteiger partial charge in [0.1, 0.15) is 12.4 Å². The summed E-state index contributed by atoms with van der Waals surface area (Å²) in [7, 11) is 0. The molecule has 4 rings (SSSR count). The SMILES string of the molecule is Cc1ccc2cc(-n3ccc(OCc4ccc(Cl)cn4)cc3=O)ccc2n1. The minimum Gasteiger partial charge on any atom is -0.487 e. The Hall–Kier alpha value is -3.18. The molecule has 1 aromatic carbocycles. The first-order valence-corrected chi connectivity index (χ1v) is 8.80. The molecule has 3 aromatic heterocycles. The van der Waals surface area contributed by atoms with Crippen molar-refractivity contribution in [3.8, 4) is 11.4 Å². The van der Waals surface area contributed by atoms with Crippen molar-refractivity contribution in [2.24, 2.45) is 0 Å². The molecule has 0 bridgehead atoms. The molecule has 0 atom stereocenters. The fourth-order valence-electron chi connectivity index (χ4n) is 2.78. The first kappa shape index (κ1) is 17.2. The first-order valence-electron chi connectivity index (χ1n) is 8.42. The van der Waals surface area contributed by atoms with Crippen molar-refractivity contribution in [3.63, 3.8) is 0 Å². The van der Waals surface area contributed by atoms with E-state index in [1.807, 2.05) is 37.3 Å². The quantitative estimate of drug-likeness (QED) is 0.531. The summed E-state index contributed by atoms with van der Waals surface area (Å²) in [4.78, 5) is 21.2. The van der Waals surface area contributed by atoms with Crippen molar-refractivity contribution >= 4 is 22.5 Å². The molecule has 0 aliphatic carbocycles. The molecule has 6 heteroatoms. The van der Waals surface area contributed by atoms with E-state index in [4.69, 9.17) is 16.3 Å². The van der Waals surface area contributed by atoms with Gasteiger partial charge >= 0.3 is 0 Å². The molecule has 134 valence electrons. The predicted molar refractivity (Wildman–Crippen MR) is 106 cm³/mol. The second-order valence-electron chi connectivity index (χ2n) is 6.16. The fourth-order valence-corrected chi connectivity index (χ4v) is 2.89. The van der Waals surface area contributed by atoms with Gasteiger partial charge in [-0.05, 0) is 49.4 Å². The molecule has 0 aliphatic heterocycles. The maximum absolute atomic E-state index is 12.5. The van der Waals surface area contributed by atoms with E-state index < -0.39 is 0 Å². The van der Waals surface area contributed by atoms with Crippen LogP contribution in [0.3, 0.4) is 0 Å². The van der Waals surface area contributed by atoms with Crippen LogP contribution in [0.1, 0.15) is 11.4 Å². The number of benzene rings is 1. The Morgan fingerprint density at radius 2 is 1.96 bits per heavy atom. The molecular formula is C21H16ClN3O2. The Kier molecular flexibility index (Phi) is 4.60. The van der Waals surface area contributed by atoms with Crippen molar-refractivity contribution in [1.29, 1.82) is 0 Å². The lowest BCUT2D eigenvalue weighted by atomic mass is 10.2. The number of hydrogen-bond donors (Lipinski definition) is 0. The van der Waals surface area contributed by atoms with E-state index in [0.717, 1.165) is 28.0 Å². The lowest BCUT2D eigenvalue weighted by molar-refractivity contribution is 0.300. The number of hydrogen-bond acceptors (Lipinski definition) is 4. The Morgan fingerprint density at radius 3 is 2.74 bits per heavy atom. The van der Waals surface area contributed by atoms with Crippen LogP contribution in [0.15, 0.2) is 71.8 Å². The van der Waals surface area contributed by atoms with Crippen LogP contribution in [0, 0.1) is 6.92 Å². The standard InChI is InChI=1S/C21H16ClN3O2/c1-14-2-3-15-10-18(6-7-20(15)24-14)25-9-8-19(11-21(25)26)27-13-17-5-4-16(22)12-23-17/h2-12H,13H2,1H3. The number of pyridine rings is 3. The maximum atomic E-state index is 12.5. The van der Waals surface area contributed by atoms with Crippen molar-refractivity contribution < 1.29 is 4.74 Å². The number of fused-ring (bicyclic) bond motifs is 1. The average molecular weight is 378 g/mol. The number of aromatic nitrogens is 3. The zero-order valence-electron chi connectivity index (χ0n) is 14.6. The third kappa shape index (κ3) is 3.83. The van der Waals surface area contributed by atoms with Crippen molar-refractivity contribution in [1.82, 2.24) is 14.5 Å². The van der Waals surface area contributed by atoms with Gasteiger partial charge in [0.25, 0.3) is 5.56 Å². The topological polar surface area (TPSA) is 57.0 Å². The Morgan fingerprint density at radius 1 is 1.07 bits per heavy atom. The van der Waals surface area contributed by atoms with Gasteiger partial charge < -0.3 is 4.74 Å². The van der Waals surface area contributed by atoms with Gasteiger partial charge in [0, 0.05) is 35.2 Å². The summed E-state index contributed by atoms with van der Waals surface area (Å²) in [5.74, 6) is 0.492. The van der Waals surface area contributed by atoms with E-state index >= 15 is 0 Å². The minimum atomic E-state index is -0.170. The lowest BCUT2D eigenvalue weighted by Crippen LogP contribution is -2.16. The van der Waals surface area contributed by atoms with E-state index in [1.165, 1.54) is 6.07 Å². The van der Waals surface area contributed by atoms with Crippen LogP contribution < -0.4 is 10.3 Å². The molecule has 0 fully saturated rings. The maximum Gasteiger partial charge on any atom is 0.258 e.